The van der Waals surface area contributed by atoms with Gasteiger partial charge in [-0.3, -0.25) is 0 Å². The van der Waals surface area contributed by atoms with Crippen molar-refractivity contribution < 1.29 is 0 Å². The lowest BCUT2D eigenvalue weighted by Crippen LogP contribution is -2.05. The first-order valence-electron chi connectivity index (χ1n) is 6.36. The van der Waals surface area contributed by atoms with Crippen LogP contribution in [0.4, 0.5) is 17.3 Å². The summed E-state index contributed by atoms with van der Waals surface area (Å²) in [6, 6.07) is 9.47. The molecular formula is C14H17ClN4. The molecule has 100 valence electrons. The zero-order valence-electron chi connectivity index (χ0n) is 11.1. The second kappa shape index (κ2) is 6.38. The highest BCUT2D eigenvalue weighted by molar-refractivity contribution is 6.33. The van der Waals surface area contributed by atoms with Gasteiger partial charge in [0.1, 0.15) is 17.5 Å². The van der Waals surface area contributed by atoms with Gasteiger partial charge >= 0.3 is 0 Å². The van der Waals surface area contributed by atoms with E-state index in [1.165, 1.54) is 0 Å². The molecule has 0 saturated heterocycles. The number of anilines is 3. The summed E-state index contributed by atoms with van der Waals surface area (Å²) in [4.78, 5) is 8.86. The highest BCUT2D eigenvalue weighted by Gasteiger charge is 2.05. The number of rotatable bonds is 5. The second-order valence-electron chi connectivity index (χ2n) is 4.04. The Bertz CT molecular complexity index is 557. The van der Waals surface area contributed by atoms with Gasteiger partial charge in [0, 0.05) is 19.0 Å². The van der Waals surface area contributed by atoms with E-state index >= 15 is 0 Å². The van der Waals surface area contributed by atoms with Crippen molar-refractivity contribution in [3.63, 3.8) is 0 Å². The fraction of sp³-hybridized carbons (Fsp3) is 0.286. The molecule has 4 nitrogen and oxygen atoms in total. The van der Waals surface area contributed by atoms with Gasteiger partial charge in [-0.2, -0.15) is 0 Å². The molecule has 19 heavy (non-hydrogen) atoms. The number of nitrogens with one attached hydrogen (secondary N) is 2. The first-order chi connectivity index (χ1) is 9.22. The van der Waals surface area contributed by atoms with Gasteiger partial charge < -0.3 is 10.6 Å². The van der Waals surface area contributed by atoms with Crippen LogP contribution in [0.25, 0.3) is 0 Å². The lowest BCUT2D eigenvalue weighted by atomic mass is 10.3. The first kappa shape index (κ1) is 13.6. The van der Waals surface area contributed by atoms with Gasteiger partial charge in [-0.05, 0) is 19.1 Å². The molecule has 2 rings (SSSR count). The van der Waals surface area contributed by atoms with Crippen LogP contribution in [0.5, 0.6) is 0 Å². The molecular weight excluding hydrogens is 260 g/mol. The van der Waals surface area contributed by atoms with Gasteiger partial charge in [-0.1, -0.05) is 30.7 Å². The number of hydrogen-bond donors (Lipinski definition) is 2. The predicted octanol–water partition coefficient (Wildman–Crippen LogP) is 3.87. The molecule has 5 heteroatoms. The Hall–Kier alpha value is -1.81. The third kappa shape index (κ3) is 3.58. The minimum absolute atomic E-state index is 0.671. The SMILES string of the molecule is CCNc1cc(Nc2ccccc2Cl)nc(CC)n1. The average molecular weight is 277 g/mol. The molecule has 0 spiro atoms. The third-order valence-corrected chi connectivity index (χ3v) is 2.91. The molecule has 0 atom stereocenters. The van der Waals surface area contributed by atoms with Crippen LogP contribution in [0, 0.1) is 0 Å². The Morgan fingerprint density at radius 1 is 1.11 bits per heavy atom. The van der Waals surface area contributed by atoms with Crippen LogP contribution in [0.1, 0.15) is 19.7 Å². The number of aryl methyl sites for hydroxylation is 1. The predicted molar refractivity (Wildman–Crippen MR) is 80.3 cm³/mol. The lowest BCUT2D eigenvalue weighted by molar-refractivity contribution is 0.939. The molecule has 0 amide bonds. The largest absolute Gasteiger partial charge is 0.370 e. The van der Waals surface area contributed by atoms with Crippen LogP contribution in [0.15, 0.2) is 30.3 Å². The molecule has 0 saturated carbocycles. The number of para-hydroxylation sites is 1. The molecule has 1 aromatic carbocycles. The maximum absolute atomic E-state index is 6.13. The minimum Gasteiger partial charge on any atom is -0.370 e. The molecule has 0 bridgehead atoms. The normalized spacial score (nSPS) is 10.3. The summed E-state index contributed by atoms with van der Waals surface area (Å²) >= 11 is 6.13. The number of halogens is 1. The van der Waals surface area contributed by atoms with Crippen molar-refractivity contribution in [2.75, 3.05) is 17.2 Å². The number of benzene rings is 1. The monoisotopic (exact) mass is 276 g/mol. The Labute approximate surface area is 118 Å². The van der Waals surface area contributed by atoms with E-state index in [-0.39, 0.29) is 0 Å². The lowest BCUT2D eigenvalue weighted by Gasteiger charge is -2.11. The summed E-state index contributed by atoms with van der Waals surface area (Å²) in [5, 5.41) is 7.09. The Balaban J connectivity index is 2.29. The number of nitrogens with zero attached hydrogens (tertiary/aromatic N) is 2. The summed E-state index contributed by atoms with van der Waals surface area (Å²) in [7, 11) is 0. The van der Waals surface area contributed by atoms with Crippen LogP contribution < -0.4 is 10.6 Å². The molecule has 2 aromatic rings. The molecule has 0 unspecified atom stereocenters. The maximum atomic E-state index is 6.13. The van der Waals surface area contributed by atoms with Crippen molar-refractivity contribution >= 4 is 28.9 Å². The molecule has 1 aromatic heterocycles. The van der Waals surface area contributed by atoms with E-state index in [0.717, 1.165) is 36.1 Å². The molecule has 1 heterocycles. The minimum atomic E-state index is 0.671. The van der Waals surface area contributed by atoms with Crippen LogP contribution >= 0.6 is 11.6 Å². The van der Waals surface area contributed by atoms with Crippen molar-refractivity contribution in [3.05, 3.63) is 41.2 Å². The molecule has 0 aliphatic carbocycles. The van der Waals surface area contributed by atoms with Gasteiger partial charge in [0.05, 0.1) is 10.7 Å². The standard InChI is InChI=1S/C14H17ClN4/c1-3-12-18-13(16-4-2)9-14(19-12)17-11-8-6-5-7-10(11)15/h5-9H,3-4H2,1-2H3,(H2,16,17,18,19). The summed E-state index contributed by atoms with van der Waals surface area (Å²) < 4.78 is 0. The van der Waals surface area contributed by atoms with Crippen molar-refractivity contribution in [1.82, 2.24) is 9.97 Å². The Morgan fingerprint density at radius 3 is 2.53 bits per heavy atom. The van der Waals surface area contributed by atoms with E-state index in [0.29, 0.717) is 5.02 Å². The molecule has 0 fully saturated rings. The Kier molecular flexibility index (Phi) is 4.58. The van der Waals surface area contributed by atoms with Crippen LogP contribution in [-0.2, 0) is 6.42 Å². The van der Waals surface area contributed by atoms with Crippen molar-refractivity contribution in [2.45, 2.75) is 20.3 Å². The van der Waals surface area contributed by atoms with E-state index in [1.54, 1.807) is 0 Å². The van der Waals surface area contributed by atoms with Gasteiger partial charge in [0.25, 0.3) is 0 Å². The van der Waals surface area contributed by atoms with E-state index < -0.39 is 0 Å². The quantitative estimate of drug-likeness (QED) is 0.870. The summed E-state index contributed by atoms with van der Waals surface area (Å²) in [6.07, 6.45) is 0.788. The van der Waals surface area contributed by atoms with Crippen molar-refractivity contribution in [1.29, 1.82) is 0 Å². The fourth-order valence-electron chi connectivity index (χ4n) is 1.69. The third-order valence-electron chi connectivity index (χ3n) is 2.58. The van der Waals surface area contributed by atoms with Crippen LogP contribution in [0.2, 0.25) is 5.02 Å². The summed E-state index contributed by atoms with van der Waals surface area (Å²) in [6.45, 7) is 4.89. The summed E-state index contributed by atoms with van der Waals surface area (Å²) in [5.74, 6) is 2.37. The number of aromatic nitrogens is 2. The zero-order chi connectivity index (χ0) is 13.7. The zero-order valence-corrected chi connectivity index (χ0v) is 11.8. The highest BCUT2D eigenvalue weighted by atomic mass is 35.5. The summed E-state index contributed by atoms with van der Waals surface area (Å²) in [5.41, 5.74) is 0.840. The second-order valence-corrected chi connectivity index (χ2v) is 4.45. The topological polar surface area (TPSA) is 49.8 Å². The van der Waals surface area contributed by atoms with Crippen LogP contribution in [0.3, 0.4) is 0 Å². The number of hydrogen-bond acceptors (Lipinski definition) is 4. The van der Waals surface area contributed by atoms with Gasteiger partial charge in [-0.15, -0.1) is 0 Å². The molecule has 0 radical (unpaired) electrons. The van der Waals surface area contributed by atoms with Gasteiger partial charge in [0.15, 0.2) is 0 Å². The Morgan fingerprint density at radius 2 is 1.84 bits per heavy atom. The van der Waals surface area contributed by atoms with E-state index in [1.807, 2.05) is 44.2 Å². The van der Waals surface area contributed by atoms with E-state index in [4.69, 9.17) is 11.6 Å². The van der Waals surface area contributed by atoms with Gasteiger partial charge in [-0.25, -0.2) is 9.97 Å². The maximum Gasteiger partial charge on any atom is 0.136 e. The van der Waals surface area contributed by atoms with E-state index in [2.05, 4.69) is 20.6 Å². The van der Waals surface area contributed by atoms with E-state index in [9.17, 15) is 0 Å². The van der Waals surface area contributed by atoms with Crippen molar-refractivity contribution in [3.8, 4) is 0 Å². The highest BCUT2D eigenvalue weighted by Crippen LogP contribution is 2.24. The fourth-order valence-corrected chi connectivity index (χ4v) is 1.87. The van der Waals surface area contributed by atoms with Gasteiger partial charge in [0.2, 0.25) is 0 Å². The average Bonchev–Trinajstić information content (AvgIpc) is 2.41. The van der Waals surface area contributed by atoms with Crippen molar-refractivity contribution in [2.24, 2.45) is 0 Å². The smallest absolute Gasteiger partial charge is 0.136 e. The first-order valence-corrected chi connectivity index (χ1v) is 6.74. The molecule has 0 aliphatic rings. The molecule has 2 N–H and O–H groups in total. The van der Waals surface area contributed by atoms with Crippen LogP contribution in [-0.4, -0.2) is 16.5 Å². The molecule has 0 aliphatic heterocycles.